The molecule has 0 unspecified atom stereocenters. The van der Waals surface area contributed by atoms with Crippen LogP contribution in [0.25, 0.3) is 6.08 Å². The number of aromatic nitrogens is 2. The number of benzene rings is 2. The molecule has 30 heavy (non-hydrogen) atoms. The van der Waals surface area contributed by atoms with E-state index in [0.29, 0.717) is 0 Å². The van der Waals surface area contributed by atoms with Gasteiger partial charge in [0.1, 0.15) is 0 Å². The first-order valence-corrected chi connectivity index (χ1v) is 10.9. The van der Waals surface area contributed by atoms with Gasteiger partial charge in [-0.2, -0.15) is 5.10 Å². The van der Waals surface area contributed by atoms with Gasteiger partial charge in [-0.3, -0.25) is 0 Å². The van der Waals surface area contributed by atoms with Crippen molar-refractivity contribution in [1.82, 2.24) is 9.78 Å². The van der Waals surface area contributed by atoms with Gasteiger partial charge >= 0.3 is 5.97 Å². The molecule has 0 spiro atoms. The molecule has 7 heteroatoms. The van der Waals surface area contributed by atoms with Crippen LogP contribution >= 0.6 is 0 Å². The van der Waals surface area contributed by atoms with Crippen LogP contribution in [0.5, 0.6) is 5.88 Å². The maximum atomic E-state index is 13.3. The molecule has 0 aliphatic carbocycles. The summed E-state index contributed by atoms with van der Waals surface area (Å²) in [5, 5.41) is 4.38. The summed E-state index contributed by atoms with van der Waals surface area (Å²) in [7, 11) is -3.94. The van der Waals surface area contributed by atoms with Gasteiger partial charge in [-0.15, -0.1) is 0 Å². The Morgan fingerprint density at radius 2 is 1.57 bits per heavy atom. The standard InChI is InChI=1S/C23H24N2O4S/c1-17-21(30(27,28)19-13-9-6-10-14-19)22(25(24-17)23(2,3)4)29-20(26)16-15-18-11-7-5-8-12-18/h5-16H,1-4H3/b16-15+. The van der Waals surface area contributed by atoms with Crippen molar-refractivity contribution in [3.05, 3.63) is 78.0 Å². The fourth-order valence-corrected chi connectivity index (χ4v) is 4.46. The van der Waals surface area contributed by atoms with Crippen LogP contribution in [0.4, 0.5) is 0 Å². The van der Waals surface area contributed by atoms with Crippen molar-refractivity contribution in [1.29, 1.82) is 0 Å². The second-order valence-corrected chi connectivity index (χ2v) is 9.67. The Bertz CT molecular complexity index is 1170. The van der Waals surface area contributed by atoms with Crippen molar-refractivity contribution >= 4 is 21.9 Å². The van der Waals surface area contributed by atoms with Gasteiger partial charge in [-0.1, -0.05) is 48.5 Å². The van der Waals surface area contributed by atoms with E-state index in [9.17, 15) is 13.2 Å². The van der Waals surface area contributed by atoms with Gasteiger partial charge in [-0.05, 0) is 51.5 Å². The Morgan fingerprint density at radius 3 is 2.13 bits per heavy atom. The second-order valence-electron chi connectivity index (χ2n) is 7.78. The van der Waals surface area contributed by atoms with E-state index in [0.717, 1.165) is 5.56 Å². The molecule has 0 atom stereocenters. The van der Waals surface area contributed by atoms with Crippen LogP contribution in [0.3, 0.4) is 0 Å². The van der Waals surface area contributed by atoms with Crippen molar-refractivity contribution in [2.75, 3.05) is 0 Å². The Balaban J connectivity index is 2.06. The highest BCUT2D eigenvalue weighted by Gasteiger charge is 2.34. The van der Waals surface area contributed by atoms with Crippen LogP contribution in [0.2, 0.25) is 0 Å². The molecule has 0 bridgehead atoms. The third kappa shape index (κ3) is 4.52. The second kappa shape index (κ2) is 8.28. The monoisotopic (exact) mass is 424 g/mol. The van der Waals surface area contributed by atoms with Crippen LogP contribution in [-0.4, -0.2) is 24.2 Å². The summed E-state index contributed by atoms with van der Waals surface area (Å²) in [5.74, 6) is -0.777. The molecule has 3 rings (SSSR count). The number of esters is 1. The topological polar surface area (TPSA) is 78.3 Å². The smallest absolute Gasteiger partial charge is 0.337 e. The van der Waals surface area contributed by atoms with E-state index in [1.54, 1.807) is 31.2 Å². The lowest BCUT2D eigenvalue weighted by Crippen LogP contribution is -2.25. The van der Waals surface area contributed by atoms with Gasteiger partial charge < -0.3 is 4.74 Å². The molecule has 0 aliphatic heterocycles. The number of hydrogen-bond donors (Lipinski definition) is 0. The number of carbonyl (C=O) groups excluding carboxylic acids is 1. The number of aryl methyl sites for hydroxylation is 1. The molecule has 0 aliphatic rings. The molecule has 0 fully saturated rings. The van der Waals surface area contributed by atoms with Crippen molar-refractivity contribution in [3.63, 3.8) is 0 Å². The zero-order chi connectivity index (χ0) is 21.9. The first kappa shape index (κ1) is 21.5. The molecule has 2 aromatic carbocycles. The van der Waals surface area contributed by atoms with Crippen LogP contribution in [-0.2, 0) is 20.2 Å². The van der Waals surface area contributed by atoms with E-state index in [2.05, 4.69) is 5.10 Å². The predicted octanol–water partition coefficient (Wildman–Crippen LogP) is 4.40. The Labute approximate surface area is 176 Å². The first-order chi connectivity index (χ1) is 14.1. The zero-order valence-corrected chi connectivity index (χ0v) is 18.2. The van der Waals surface area contributed by atoms with Crippen LogP contribution < -0.4 is 4.74 Å². The Kier molecular flexibility index (Phi) is 5.94. The SMILES string of the molecule is Cc1nn(C(C)(C)C)c(OC(=O)/C=C/c2ccccc2)c1S(=O)(=O)c1ccccc1. The minimum Gasteiger partial charge on any atom is -0.403 e. The van der Waals surface area contributed by atoms with E-state index < -0.39 is 21.3 Å². The number of rotatable bonds is 5. The van der Waals surface area contributed by atoms with E-state index in [4.69, 9.17) is 4.74 Å². The van der Waals surface area contributed by atoms with E-state index in [1.165, 1.54) is 22.9 Å². The largest absolute Gasteiger partial charge is 0.403 e. The average Bonchev–Trinajstić information content (AvgIpc) is 3.05. The molecule has 1 heterocycles. The summed E-state index contributed by atoms with van der Waals surface area (Å²) < 4.78 is 33.6. The molecule has 6 nitrogen and oxygen atoms in total. The van der Waals surface area contributed by atoms with Gasteiger partial charge in [0.05, 0.1) is 16.1 Å². The van der Waals surface area contributed by atoms with E-state index >= 15 is 0 Å². The lowest BCUT2D eigenvalue weighted by Gasteiger charge is -2.21. The van der Waals surface area contributed by atoms with Gasteiger partial charge in [-0.25, -0.2) is 17.9 Å². The number of ether oxygens (including phenoxy) is 1. The van der Waals surface area contributed by atoms with Crippen LogP contribution in [0.1, 0.15) is 32.0 Å². The molecule has 0 saturated heterocycles. The molecule has 0 saturated carbocycles. The van der Waals surface area contributed by atoms with Crippen molar-refractivity contribution in [3.8, 4) is 5.88 Å². The third-order valence-electron chi connectivity index (χ3n) is 4.33. The van der Waals surface area contributed by atoms with Gasteiger partial charge in [0.2, 0.25) is 15.7 Å². The highest BCUT2D eigenvalue weighted by molar-refractivity contribution is 7.91. The van der Waals surface area contributed by atoms with Crippen molar-refractivity contribution < 1.29 is 17.9 Å². The molecule has 1 aromatic heterocycles. The summed E-state index contributed by atoms with van der Waals surface area (Å²) in [6.07, 6.45) is 2.88. The normalized spacial score (nSPS) is 12.3. The summed E-state index contributed by atoms with van der Waals surface area (Å²) >= 11 is 0. The number of carbonyl (C=O) groups is 1. The van der Waals surface area contributed by atoms with Gasteiger partial charge in [0.25, 0.3) is 0 Å². The average molecular weight is 425 g/mol. The molecule has 156 valence electrons. The fourth-order valence-electron chi connectivity index (χ4n) is 2.92. The first-order valence-electron chi connectivity index (χ1n) is 9.46. The molecule has 0 N–H and O–H groups in total. The highest BCUT2D eigenvalue weighted by Crippen LogP contribution is 2.35. The highest BCUT2D eigenvalue weighted by atomic mass is 32.2. The lowest BCUT2D eigenvalue weighted by atomic mass is 10.1. The van der Waals surface area contributed by atoms with Gasteiger partial charge in [0, 0.05) is 6.08 Å². The van der Waals surface area contributed by atoms with Crippen molar-refractivity contribution in [2.24, 2.45) is 0 Å². The lowest BCUT2D eigenvalue weighted by molar-refractivity contribution is -0.129. The molecule has 0 amide bonds. The number of sulfone groups is 1. The molecular weight excluding hydrogens is 400 g/mol. The molecule has 3 aromatic rings. The zero-order valence-electron chi connectivity index (χ0n) is 17.4. The van der Waals surface area contributed by atoms with Crippen LogP contribution in [0, 0.1) is 6.92 Å². The third-order valence-corrected chi connectivity index (χ3v) is 6.23. The van der Waals surface area contributed by atoms with Gasteiger partial charge in [0.15, 0.2) is 4.90 Å². The van der Waals surface area contributed by atoms with Crippen molar-refractivity contribution in [2.45, 2.75) is 43.0 Å². The summed E-state index contributed by atoms with van der Waals surface area (Å²) in [6.45, 7) is 7.16. The summed E-state index contributed by atoms with van der Waals surface area (Å²) in [4.78, 5) is 12.5. The number of nitrogens with zero attached hydrogens (tertiary/aromatic N) is 2. The fraction of sp³-hybridized carbons (Fsp3) is 0.217. The molecular formula is C23H24N2O4S. The quantitative estimate of drug-likeness (QED) is 0.448. The summed E-state index contributed by atoms with van der Waals surface area (Å²) in [5.41, 5.74) is 0.490. The summed E-state index contributed by atoms with van der Waals surface area (Å²) in [6, 6.07) is 17.3. The van der Waals surface area contributed by atoms with Crippen LogP contribution in [0.15, 0.2) is 76.5 Å². The van der Waals surface area contributed by atoms with E-state index in [1.807, 2.05) is 51.1 Å². The molecule has 0 radical (unpaired) electrons. The minimum atomic E-state index is -3.94. The maximum absolute atomic E-state index is 13.3. The minimum absolute atomic E-state index is 0.0911. The number of hydrogen-bond acceptors (Lipinski definition) is 5. The maximum Gasteiger partial charge on any atom is 0.337 e. The Hall–Kier alpha value is -3.19. The van der Waals surface area contributed by atoms with E-state index in [-0.39, 0.29) is 21.4 Å². The Morgan fingerprint density at radius 1 is 1.00 bits per heavy atom. The predicted molar refractivity (Wildman–Crippen MR) is 115 cm³/mol.